The maximum Gasteiger partial charge on any atom is 0.514 e. The zero-order valence-electron chi connectivity index (χ0n) is 29.1. The average Bonchev–Trinajstić information content (AvgIpc) is 2.94. The molecule has 28 heavy (non-hydrogen) atoms. The SMILES string of the molecule is [2H]c1nc(B2OC(C)(C)C(C)(C)O2)c([2H])c([2H])c1C1([2H])C([2H])([2H])N(C(=O)OC(C)(C)C)C([2H])([2H])C([2H])([2H])C1([2H])[2H]. The van der Waals surface area contributed by atoms with Crippen LogP contribution in [0, 0.1) is 0 Å². The molecule has 2 saturated heterocycles. The van der Waals surface area contributed by atoms with Crippen molar-refractivity contribution in [2.45, 2.75) is 83.9 Å². The van der Waals surface area contributed by atoms with E-state index in [9.17, 15) is 4.79 Å². The Kier molecular flexibility index (Phi) is 2.74. The summed E-state index contributed by atoms with van der Waals surface area (Å²) in [6.07, 6.45) is -10.4. The van der Waals surface area contributed by atoms with Gasteiger partial charge in [-0.05, 0) is 72.8 Å². The molecule has 0 aliphatic carbocycles. The summed E-state index contributed by atoms with van der Waals surface area (Å²) < 4.78 is 120. The maximum absolute atomic E-state index is 13.1. The summed E-state index contributed by atoms with van der Waals surface area (Å²) in [4.78, 5) is 16.7. The molecule has 1 atom stereocenters. The number of hydrogen-bond donors (Lipinski definition) is 0. The number of ether oxygens (including phenoxy) is 1. The zero-order valence-corrected chi connectivity index (χ0v) is 17.1. The van der Waals surface area contributed by atoms with Crippen molar-refractivity contribution < 1.29 is 35.3 Å². The second-order valence-corrected chi connectivity index (χ2v) is 8.49. The van der Waals surface area contributed by atoms with Gasteiger partial charge >= 0.3 is 13.2 Å². The number of nitrogens with zero attached hydrogens (tertiary/aromatic N) is 2. The minimum absolute atomic E-state index is 0.343. The Morgan fingerprint density at radius 3 is 2.61 bits per heavy atom. The van der Waals surface area contributed by atoms with Crippen LogP contribution in [-0.2, 0) is 14.0 Å². The number of aromatic nitrogens is 1. The van der Waals surface area contributed by atoms with Gasteiger partial charge in [0.1, 0.15) is 5.60 Å². The number of carbonyl (C=O) groups is 1. The van der Waals surface area contributed by atoms with Gasteiger partial charge in [-0.2, -0.15) is 0 Å². The van der Waals surface area contributed by atoms with Crippen molar-refractivity contribution in [2.24, 2.45) is 0 Å². The van der Waals surface area contributed by atoms with E-state index in [4.69, 9.17) is 30.5 Å². The fourth-order valence-corrected chi connectivity index (χ4v) is 2.31. The van der Waals surface area contributed by atoms with Crippen molar-refractivity contribution in [2.75, 3.05) is 13.0 Å². The number of hydrogen-bond acceptors (Lipinski definition) is 5. The second-order valence-electron chi connectivity index (χ2n) is 8.49. The van der Waals surface area contributed by atoms with Crippen LogP contribution in [0.2, 0.25) is 0 Å². The Bertz CT molecular complexity index is 1220. The zero-order chi connectivity index (χ0) is 31.4. The highest BCUT2D eigenvalue weighted by atomic mass is 16.7. The second kappa shape index (κ2) is 7.34. The molecule has 3 heterocycles. The summed E-state index contributed by atoms with van der Waals surface area (Å²) >= 11 is 0. The van der Waals surface area contributed by atoms with Gasteiger partial charge in [0.05, 0.1) is 23.6 Å². The van der Waals surface area contributed by atoms with E-state index in [2.05, 4.69) is 4.98 Å². The normalized spacial score (nSPS) is 40.4. The van der Waals surface area contributed by atoms with Gasteiger partial charge < -0.3 is 18.9 Å². The highest BCUT2D eigenvalue weighted by Crippen LogP contribution is 2.36. The monoisotopic (exact) mass is 400 g/mol. The molecule has 1 aromatic heterocycles. The predicted octanol–water partition coefficient (Wildman–Crippen LogP) is 3.50. The van der Waals surface area contributed by atoms with Crippen LogP contribution in [0.3, 0.4) is 0 Å². The van der Waals surface area contributed by atoms with Crippen LogP contribution >= 0.6 is 0 Å². The van der Waals surface area contributed by atoms with E-state index in [1.807, 2.05) is 0 Å². The van der Waals surface area contributed by atoms with Gasteiger partial charge in [-0.1, -0.05) is 6.04 Å². The summed E-state index contributed by atoms with van der Waals surface area (Å²) in [7, 11) is -1.35. The number of carbonyl (C=O) groups excluding carboxylic acids is 1. The summed E-state index contributed by atoms with van der Waals surface area (Å²) in [6, 6.07) is -1.87. The molecule has 0 spiro atoms. The smallest absolute Gasteiger partial charge is 0.444 e. The Morgan fingerprint density at radius 2 is 2.00 bits per heavy atom. The first-order chi connectivity index (χ1) is 17.5. The van der Waals surface area contributed by atoms with Gasteiger partial charge in [0.2, 0.25) is 0 Å². The van der Waals surface area contributed by atoms with Crippen LogP contribution in [-0.4, -0.2) is 52.9 Å². The van der Waals surface area contributed by atoms with Gasteiger partial charge in [-0.15, -0.1) is 0 Å². The van der Waals surface area contributed by atoms with E-state index in [1.165, 1.54) is 20.8 Å². The Labute approximate surface area is 185 Å². The molecular formula is C21H33BN2O4. The lowest BCUT2D eigenvalue weighted by atomic mass is 9.83. The standard InChI is InChI=1S/C21H33BN2O4/c1-19(2,3)26-18(25)24-12-8-9-16(14-24)15-10-11-17(23-13-15)22-27-20(4,5)21(6,7)28-22/h10-11,13,16H,8-9,12,14H2,1-7H3/i8D2,9D2,10D,11D,12D2,13D,14D2,16D. The van der Waals surface area contributed by atoms with Crippen molar-refractivity contribution in [3.8, 4) is 0 Å². The summed E-state index contributed by atoms with van der Waals surface area (Å²) in [6.45, 7) is 3.50. The topological polar surface area (TPSA) is 60.9 Å². The van der Waals surface area contributed by atoms with E-state index in [0.717, 1.165) is 0 Å². The van der Waals surface area contributed by atoms with Gasteiger partial charge in [0, 0.05) is 34.7 Å². The maximum atomic E-state index is 13.1. The van der Waals surface area contributed by atoms with Gasteiger partial charge in [0.15, 0.2) is 0 Å². The number of pyridine rings is 1. The fraction of sp³-hybridized carbons (Fsp3) is 0.714. The van der Waals surface area contributed by atoms with Crippen molar-refractivity contribution in [3.05, 3.63) is 23.8 Å². The Morgan fingerprint density at radius 1 is 1.36 bits per heavy atom. The molecule has 0 saturated carbocycles. The van der Waals surface area contributed by atoms with E-state index >= 15 is 0 Å². The molecule has 2 aliphatic rings. The van der Waals surface area contributed by atoms with E-state index < -0.39 is 85.5 Å². The Hall–Kier alpha value is -1.60. The van der Waals surface area contributed by atoms with Gasteiger partial charge in [-0.3, -0.25) is 4.98 Å². The number of piperidine rings is 1. The van der Waals surface area contributed by atoms with E-state index in [1.54, 1.807) is 27.7 Å². The van der Waals surface area contributed by atoms with Crippen LogP contribution in [0.25, 0.3) is 0 Å². The van der Waals surface area contributed by atoms with Gasteiger partial charge in [0.25, 0.3) is 0 Å². The van der Waals surface area contributed by atoms with Crippen LogP contribution in [0.1, 0.15) is 89.1 Å². The molecule has 7 heteroatoms. The molecule has 6 nitrogen and oxygen atoms in total. The van der Waals surface area contributed by atoms with E-state index in [0.29, 0.717) is 0 Å². The van der Waals surface area contributed by atoms with Crippen LogP contribution in [0.4, 0.5) is 4.79 Å². The minimum Gasteiger partial charge on any atom is -0.444 e. The lowest BCUT2D eigenvalue weighted by Gasteiger charge is -2.34. The largest absolute Gasteiger partial charge is 0.514 e. The van der Waals surface area contributed by atoms with Crippen molar-refractivity contribution in [3.63, 3.8) is 0 Å². The molecule has 2 fully saturated rings. The first kappa shape index (κ1) is 10.4. The highest BCUT2D eigenvalue weighted by molar-refractivity contribution is 6.61. The molecule has 2 aliphatic heterocycles. The molecule has 0 radical (unpaired) electrons. The lowest BCUT2D eigenvalue weighted by molar-refractivity contribution is 0.00578. The van der Waals surface area contributed by atoms with Crippen molar-refractivity contribution >= 4 is 18.8 Å². The lowest BCUT2D eigenvalue weighted by Crippen LogP contribution is -2.42. The molecule has 3 rings (SSSR count). The summed E-state index contributed by atoms with van der Waals surface area (Å²) in [5.41, 5.74) is -4.67. The third kappa shape index (κ3) is 4.52. The minimum atomic E-state index is -3.84. The predicted molar refractivity (Wildman–Crippen MR) is 110 cm³/mol. The molecule has 1 aromatic rings. The summed E-state index contributed by atoms with van der Waals surface area (Å²) in [5.74, 6) is -3.70. The van der Waals surface area contributed by atoms with Crippen LogP contribution < -0.4 is 5.59 Å². The molecule has 1 amide bonds. The molecular weight excluding hydrogens is 355 g/mol. The van der Waals surface area contributed by atoms with Gasteiger partial charge in [-0.25, -0.2) is 4.79 Å². The number of likely N-dealkylation sites (tertiary alicyclic amines) is 1. The first-order valence-electron chi connectivity index (χ1n) is 14.9. The van der Waals surface area contributed by atoms with Crippen molar-refractivity contribution in [1.82, 2.24) is 9.88 Å². The van der Waals surface area contributed by atoms with Crippen LogP contribution in [0.5, 0.6) is 0 Å². The summed E-state index contributed by atoms with van der Waals surface area (Å²) in [5, 5.41) is 0. The third-order valence-corrected chi connectivity index (χ3v) is 4.49. The highest BCUT2D eigenvalue weighted by Gasteiger charge is 2.52. The Balaban J connectivity index is 2.34. The third-order valence-electron chi connectivity index (χ3n) is 4.49. The molecule has 0 N–H and O–H groups in total. The molecule has 1 unspecified atom stereocenters. The van der Waals surface area contributed by atoms with Crippen LogP contribution in [0.15, 0.2) is 18.3 Å². The molecule has 0 aromatic carbocycles. The molecule has 154 valence electrons. The first-order valence-corrected chi connectivity index (χ1v) is 8.90. The fourth-order valence-electron chi connectivity index (χ4n) is 2.31. The number of amides is 1. The number of rotatable bonds is 2. The van der Waals surface area contributed by atoms with Crippen molar-refractivity contribution in [1.29, 1.82) is 0 Å². The average molecular weight is 400 g/mol. The van der Waals surface area contributed by atoms with E-state index in [-0.39, 0.29) is 10.5 Å². The quantitative estimate of drug-likeness (QED) is 0.712. The molecule has 0 bridgehead atoms.